The van der Waals surface area contributed by atoms with Gasteiger partial charge in [-0.05, 0) is 46.5 Å². The molecule has 0 amide bonds. The number of hydrogen-bond donors (Lipinski definition) is 1. The van der Waals surface area contributed by atoms with Gasteiger partial charge in [-0.3, -0.25) is 0 Å². The second-order valence-electron chi connectivity index (χ2n) is 2.58. The zero-order valence-corrected chi connectivity index (χ0v) is 9.22. The van der Waals surface area contributed by atoms with Gasteiger partial charge in [-0.2, -0.15) is 0 Å². The predicted octanol–water partition coefficient (Wildman–Crippen LogP) is 1.97. The molecule has 0 radical (unpaired) electrons. The molecular formula is C10H14BrNO2. The van der Waals surface area contributed by atoms with E-state index in [-0.39, 0.29) is 12.2 Å². The van der Waals surface area contributed by atoms with E-state index in [9.17, 15) is 0 Å². The molecule has 0 aromatic heterocycles. The normalized spacial score (nSPS) is 17.2. The zero-order valence-electron chi connectivity index (χ0n) is 12.6. The van der Waals surface area contributed by atoms with Gasteiger partial charge in [-0.15, -0.1) is 0 Å². The van der Waals surface area contributed by atoms with Crippen molar-refractivity contribution in [3.8, 4) is 11.5 Å². The van der Waals surface area contributed by atoms with Crippen molar-refractivity contribution in [1.29, 1.82) is 0 Å². The number of aryl methyl sites for hydroxylation is 1. The average molecular weight is 265 g/mol. The third-order valence-electron chi connectivity index (χ3n) is 1.74. The SMILES string of the molecule is [2H]C([2H])(N)Cc1cc(OC)c(Br)cc1OC([2H])([2H])[2H]. The number of benzene rings is 1. The van der Waals surface area contributed by atoms with Gasteiger partial charge in [0, 0.05) is 2.74 Å². The molecule has 0 heterocycles. The maximum atomic E-state index is 7.37. The van der Waals surface area contributed by atoms with Gasteiger partial charge < -0.3 is 15.2 Å². The van der Waals surface area contributed by atoms with Crippen molar-refractivity contribution in [1.82, 2.24) is 0 Å². The van der Waals surface area contributed by atoms with Gasteiger partial charge in [0.05, 0.1) is 22.7 Å². The summed E-state index contributed by atoms with van der Waals surface area (Å²) in [6.07, 6.45) is -0.192. The molecule has 0 aliphatic heterocycles. The van der Waals surface area contributed by atoms with Crippen molar-refractivity contribution in [2.75, 3.05) is 20.6 Å². The molecule has 0 bridgehead atoms. The summed E-state index contributed by atoms with van der Waals surface area (Å²) in [4.78, 5) is 0. The quantitative estimate of drug-likeness (QED) is 0.905. The number of ether oxygens (including phenoxy) is 2. The monoisotopic (exact) mass is 264 g/mol. The number of rotatable bonds is 4. The standard InChI is InChI=1S/C10H14BrNO2/c1-13-9-6-8(11)10(14-2)5-7(9)3-4-12/h5-6H,3-4,12H2,1-2H3/i1D3,4D2. The van der Waals surface area contributed by atoms with Crippen molar-refractivity contribution < 1.29 is 16.3 Å². The third kappa shape index (κ3) is 2.39. The molecule has 1 rings (SSSR count). The first-order valence-corrected chi connectivity index (χ1v) is 4.65. The summed E-state index contributed by atoms with van der Waals surface area (Å²) in [5, 5.41) is 0. The van der Waals surface area contributed by atoms with Gasteiger partial charge in [0.2, 0.25) is 0 Å². The fourth-order valence-corrected chi connectivity index (χ4v) is 1.56. The smallest absolute Gasteiger partial charge is 0.133 e. The Morgan fingerprint density at radius 2 is 2.29 bits per heavy atom. The lowest BCUT2D eigenvalue weighted by molar-refractivity contribution is 0.397. The van der Waals surface area contributed by atoms with Crippen LogP contribution in [0.2, 0.25) is 0 Å². The van der Waals surface area contributed by atoms with E-state index in [1.54, 1.807) is 0 Å². The fraction of sp³-hybridized carbons (Fsp3) is 0.400. The first-order valence-electron chi connectivity index (χ1n) is 6.36. The molecule has 78 valence electrons. The van der Waals surface area contributed by atoms with Crippen molar-refractivity contribution in [2.45, 2.75) is 6.42 Å². The molecule has 0 aliphatic carbocycles. The molecule has 0 spiro atoms. The predicted molar refractivity (Wildman–Crippen MR) is 60.0 cm³/mol. The van der Waals surface area contributed by atoms with Crippen molar-refractivity contribution >= 4 is 15.9 Å². The van der Waals surface area contributed by atoms with E-state index in [2.05, 4.69) is 15.9 Å². The molecule has 4 heteroatoms. The summed E-state index contributed by atoms with van der Waals surface area (Å²) < 4.78 is 46.5. The first-order chi connectivity index (χ1) is 8.52. The summed E-state index contributed by atoms with van der Waals surface area (Å²) in [5.74, 6) is 0.485. The third-order valence-corrected chi connectivity index (χ3v) is 2.36. The van der Waals surface area contributed by atoms with Gasteiger partial charge in [-0.1, -0.05) is 0 Å². The van der Waals surface area contributed by atoms with Crippen LogP contribution in [0.25, 0.3) is 0 Å². The molecule has 0 saturated carbocycles. The number of hydrogen-bond acceptors (Lipinski definition) is 3. The summed E-state index contributed by atoms with van der Waals surface area (Å²) in [6.45, 7) is -1.98. The van der Waals surface area contributed by atoms with Crippen LogP contribution in [0.1, 0.15) is 12.4 Å². The number of nitrogens with two attached hydrogens (primary N) is 1. The minimum absolute atomic E-state index is 0.0435. The van der Waals surface area contributed by atoms with E-state index in [1.165, 1.54) is 19.2 Å². The highest BCUT2D eigenvalue weighted by atomic mass is 79.9. The summed E-state index contributed by atoms with van der Waals surface area (Å²) in [5.41, 5.74) is 5.64. The highest BCUT2D eigenvalue weighted by molar-refractivity contribution is 9.10. The van der Waals surface area contributed by atoms with Crippen LogP contribution in [0.5, 0.6) is 11.5 Å². The van der Waals surface area contributed by atoms with Crippen molar-refractivity contribution in [3.05, 3.63) is 22.2 Å². The molecular weight excluding hydrogens is 246 g/mol. The number of methoxy groups -OCH3 is 2. The lowest BCUT2D eigenvalue weighted by Crippen LogP contribution is -2.04. The van der Waals surface area contributed by atoms with Crippen molar-refractivity contribution in [2.24, 2.45) is 5.73 Å². The number of halogens is 1. The molecule has 3 nitrogen and oxygen atoms in total. The Bertz CT molecular complexity index is 458. The Morgan fingerprint density at radius 3 is 2.86 bits per heavy atom. The van der Waals surface area contributed by atoms with Crippen molar-refractivity contribution in [3.63, 3.8) is 0 Å². The van der Waals surface area contributed by atoms with Gasteiger partial charge >= 0.3 is 0 Å². The maximum absolute atomic E-state index is 7.37. The van der Waals surface area contributed by atoms with Crippen LogP contribution in [-0.2, 0) is 6.42 Å². The van der Waals surface area contributed by atoms with Gasteiger partial charge in [0.1, 0.15) is 11.5 Å². The molecule has 1 aromatic rings. The first kappa shape index (κ1) is 5.98. The van der Waals surface area contributed by atoms with Crippen LogP contribution in [0.4, 0.5) is 0 Å². The Labute approximate surface area is 99.4 Å². The topological polar surface area (TPSA) is 44.5 Å². The molecule has 0 unspecified atom stereocenters. The van der Waals surface area contributed by atoms with Gasteiger partial charge in [0.25, 0.3) is 0 Å². The highest BCUT2D eigenvalue weighted by Crippen LogP contribution is 2.32. The molecule has 1 aromatic carbocycles. The molecule has 0 aliphatic rings. The lowest BCUT2D eigenvalue weighted by atomic mass is 10.1. The minimum atomic E-state index is -2.62. The van der Waals surface area contributed by atoms with Crippen LogP contribution in [0.3, 0.4) is 0 Å². The van der Waals surface area contributed by atoms with E-state index >= 15 is 0 Å². The molecule has 14 heavy (non-hydrogen) atoms. The zero-order chi connectivity index (χ0) is 14.8. The highest BCUT2D eigenvalue weighted by Gasteiger charge is 2.08. The maximum Gasteiger partial charge on any atom is 0.133 e. The average Bonchev–Trinajstić information content (AvgIpc) is 2.17. The molecule has 0 saturated heterocycles. The van der Waals surface area contributed by atoms with E-state index in [0.717, 1.165) is 0 Å². The summed E-state index contributed by atoms with van der Waals surface area (Å²) in [6, 6.07) is 2.92. The summed E-state index contributed by atoms with van der Waals surface area (Å²) in [7, 11) is -1.17. The second-order valence-corrected chi connectivity index (χ2v) is 3.43. The fourth-order valence-electron chi connectivity index (χ4n) is 1.08. The van der Waals surface area contributed by atoms with Crippen LogP contribution < -0.4 is 15.2 Å². The van der Waals surface area contributed by atoms with Gasteiger partial charge in [0.15, 0.2) is 0 Å². The molecule has 0 fully saturated rings. The molecule has 0 atom stereocenters. The van der Waals surface area contributed by atoms with E-state index in [0.29, 0.717) is 15.8 Å². The van der Waals surface area contributed by atoms with E-state index in [1.807, 2.05) is 0 Å². The largest absolute Gasteiger partial charge is 0.496 e. The van der Waals surface area contributed by atoms with E-state index < -0.39 is 13.5 Å². The Kier molecular flexibility index (Phi) is 2.23. The minimum Gasteiger partial charge on any atom is -0.496 e. The van der Waals surface area contributed by atoms with Crippen LogP contribution in [0.15, 0.2) is 16.6 Å². The van der Waals surface area contributed by atoms with Gasteiger partial charge in [-0.25, -0.2) is 0 Å². The Hall–Kier alpha value is -0.740. The van der Waals surface area contributed by atoms with Crippen LogP contribution >= 0.6 is 15.9 Å². The summed E-state index contributed by atoms with van der Waals surface area (Å²) >= 11 is 3.21. The second kappa shape index (κ2) is 5.22. The lowest BCUT2D eigenvalue weighted by Gasteiger charge is -2.11. The van der Waals surface area contributed by atoms with Crippen LogP contribution in [0, 0.1) is 0 Å². The Morgan fingerprint density at radius 1 is 1.50 bits per heavy atom. The van der Waals surface area contributed by atoms with E-state index in [4.69, 9.17) is 22.1 Å². The van der Waals surface area contributed by atoms with Crippen LogP contribution in [-0.4, -0.2) is 20.6 Å². The molecule has 2 N–H and O–H groups in total. The Balaban J connectivity index is 3.22.